The second kappa shape index (κ2) is 6.35. The van der Waals surface area contributed by atoms with Crippen molar-refractivity contribution in [2.45, 2.75) is 38.8 Å². The third-order valence-electron chi connectivity index (χ3n) is 2.68. The molecule has 0 aromatic heterocycles. The second-order valence-corrected chi connectivity index (χ2v) is 4.29. The highest BCUT2D eigenvalue weighted by atomic mass is 19.1. The molecule has 0 saturated carbocycles. The van der Waals surface area contributed by atoms with Gasteiger partial charge in [0.05, 0.1) is 0 Å². The SMILES string of the molecule is CC(CCc1ccc(F)cc1)N[C@H](C)C(=O)O. The summed E-state index contributed by atoms with van der Waals surface area (Å²) in [6.07, 6.45) is 1.63. The number of carbonyl (C=O) groups is 1. The predicted octanol–water partition coefficient (Wildman–Crippen LogP) is 2.21. The van der Waals surface area contributed by atoms with Gasteiger partial charge < -0.3 is 10.4 Å². The van der Waals surface area contributed by atoms with Gasteiger partial charge >= 0.3 is 5.97 Å². The molecule has 0 heterocycles. The molecule has 0 bridgehead atoms. The Morgan fingerprint density at radius 1 is 1.35 bits per heavy atom. The molecule has 1 aromatic rings. The zero-order valence-electron chi connectivity index (χ0n) is 10.1. The zero-order valence-corrected chi connectivity index (χ0v) is 10.1. The Bertz CT molecular complexity index is 364. The summed E-state index contributed by atoms with van der Waals surface area (Å²) >= 11 is 0. The fourth-order valence-electron chi connectivity index (χ4n) is 1.62. The molecule has 4 heteroatoms. The van der Waals surface area contributed by atoms with E-state index in [2.05, 4.69) is 5.32 Å². The monoisotopic (exact) mass is 239 g/mol. The van der Waals surface area contributed by atoms with Gasteiger partial charge in [-0.05, 0) is 44.4 Å². The van der Waals surface area contributed by atoms with Crippen LogP contribution in [-0.2, 0) is 11.2 Å². The molecule has 1 unspecified atom stereocenters. The lowest BCUT2D eigenvalue weighted by atomic mass is 10.1. The molecule has 17 heavy (non-hydrogen) atoms. The van der Waals surface area contributed by atoms with Crippen LogP contribution >= 0.6 is 0 Å². The smallest absolute Gasteiger partial charge is 0.320 e. The number of aryl methyl sites for hydroxylation is 1. The third kappa shape index (κ3) is 4.95. The van der Waals surface area contributed by atoms with E-state index in [9.17, 15) is 9.18 Å². The second-order valence-electron chi connectivity index (χ2n) is 4.29. The topological polar surface area (TPSA) is 49.3 Å². The summed E-state index contributed by atoms with van der Waals surface area (Å²) in [6.45, 7) is 3.57. The number of rotatable bonds is 6. The van der Waals surface area contributed by atoms with Crippen molar-refractivity contribution in [1.82, 2.24) is 5.32 Å². The first-order valence-electron chi connectivity index (χ1n) is 5.72. The van der Waals surface area contributed by atoms with Crippen LogP contribution < -0.4 is 5.32 Å². The van der Waals surface area contributed by atoms with E-state index in [4.69, 9.17) is 5.11 Å². The quantitative estimate of drug-likeness (QED) is 0.800. The number of carboxylic acid groups (broad SMARTS) is 1. The number of benzene rings is 1. The van der Waals surface area contributed by atoms with Gasteiger partial charge in [0.25, 0.3) is 0 Å². The van der Waals surface area contributed by atoms with Gasteiger partial charge in [0, 0.05) is 6.04 Å². The number of carboxylic acids is 1. The molecule has 0 spiro atoms. The first-order chi connectivity index (χ1) is 7.99. The van der Waals surface area contributed by atoms with Gasteiger partial charge in [-0.25, -0.2) is 4.39 Å². The third-order valence-corrected chi connectivity index (χ3v) is 2.68. The summed E-state index contributed by atoms with van der Waals surface area (Å²) in [5.74, 6) is -1.09. The van der Waals surface area contributed by atoms with Crippen LogP contribution in [0, 0.1) is 5.82 Å². The summed E-state index contributed by atoms with van der Waals surface area (Å²) in [4.78, 5) is 10.6. The van der Waals surface area contributed by atoms with E-state index >= 15 is 0 Å². The average molecular weight is 239 g/mol. The van der Waals surface area contributed by atoms with Gasteiger partial charge in [-0.3, -0.25) is 4.79 Å². The van der Waals surface area contributed by atoms with Crippen molar-refractivity contribution in [2.24, 2.45) is 0 Å². The Kier molecular flexibility index (Phi) is 5.10. The van der Waals surface area contributed by atoms with Gasteiger partial charge in [-0.2, -0.15) is 0 Å². The van der Waals surface area contributed by atoms with E-state index in [1.807, 2.05) is 6.92 Å². The molecule has 0 aliphatic rings. The van der Waals surface area contributed by atoms with E-state index in [1.54, 1.807) is 19.1 Å². The molecular formula is C13H18FNO2. The lowest BCUT2D eigenvalue weighted by molar-refractivity contribution is -0.139. The Hall–Kier alpha value is -1.42. The summed E-state index contributed by atoms with van der Waals surface area (Å²) in [5, 5.41) is 11.7. The first-order valence-corrected chi connectivity index (χ1v) is 5.72. The Balaban J connectivity index is 2.35. The van der Waals surface area contributed by atoms with Crippen molar-refractivity contribution in [3.05, 3.63) is 35.6 Å². The number of hydrogen-bond donors (Lipinski definition) is 2. The summed E-state index contributed by atoms with van der Waals surface area (Å²) < 4.78 is 12.7. The highest BCUT2D eigenvalue weighted by molar-refractivity contribution is 5.72. The maximum Gasteiger partial charge on any atom is 0.320 e. The van der Waals surface area contributed by atoms with Crippen molar-refractivity contribution in [3.63, 3.8) is 0 Å². The molecule has 2 atom stereocenters. The van der Waals surface area contributed by atoms with Crippen molar-refractivity contribution in [1.29, 1.82) is 0 Å². The minimum atomic E-state index is -0.848. The predicted molar refractivity (Wildman–Crippen MR) is 64.4 cm³/mol. The van der Waals surface area contributed by atoms with Crippen LogP contribution in [0.4, 0.5) is 4.39 Å². The van der Waals surface area contributed by atoms with Gasteiger partial charge in [-0.1, -0.05) is 12.1 Å². The van der Waals surface area contributed by atoms with E-state index in [1.165, 1.54) is 12.1 Å². The van der Waals surface area contributed by atoms with E-state index < -0.39 is 12.0 Å². The summed E-state index contributed by atoms with van der Waals surface area (Å²) in [7, 11) is 0. The van der Waals surface area contributed by atoms with Crippen LogP contribution in [0.25, 0.3) is 0 Å². The van der Waals surface area contributed by atoms with Gasteiger partial charge in [0.1, 0.15) is 11.9 Å². The summed E-state index contributed by atoms with van der Waals surface area (Å²) in [6, 6.07) is 5.95. The molecular weight excluding hydrogens is 221 g/mol. The fourth-order valence-corrected chi connectivity index (χ4v) is 1.62. The maximum atomic E-state index is 12.7. The van der Waals surface area contributed by atoms with Crippen molar-refractivity contribution in [2.75, 3.05) is 0 Å². The lowest BCUT2D eigenvalue weighted by Gasteiger charge is -2.16. The average Bonchev–Trinajstić information content (AvgIpc) is 2.28. The molecule has 0 fully saturated rings. The highest BCUT2D eigenvalue weighted by Gasteiger charge is 2.13. The van der Waals surface area contributed by atoms with Crippen LogP contribution in [0.2, 0.25) is 0 Å². The molecule has 1 rings (SSSR count). The Morgan fingerprint density at radius 2 is 1.94 bits per heavy atom. The fraction of sp³-hybridized carbons (Fsp3) is 0.462. The van der Waals surface area contributed by atoms with Gasteiger partial charge in [-0.15, -0.1) is 0 Å². The molecule has 0 aliphatic carbocycles. The molecule has 3 nitrogen and oxygen atoms in total. The van der Waals surface area contributed by atoms with Crippen LogP contribution in [0.3, 0.4) is 0 Å². The zero-order chi connectivity index (χ0) is 12.8. The Labute approximate surface area is 101 Å². The highest BCUT2D eigenvalue weighted by Crippen LogP contribution is 2.07. The number of aliphatic carboxylic acids is 1. The first kappa shape index (κ1) is 13.6. The molecule has 94 valence electrons. The number of hydrogen-bond acceptors (Lipinski definition) is 2. The lowest BCUT2D eigenvalue weighted by Crippen LogP contribution is -2.40. The van der Waals surface area contributed by atoms with Gasteiger partial charge in [0.15, 0.2) is 0 Å². The Morgan fingerprint density at radius 3 is 2.47 bits per heavy atom. The molecule has 0 amide bonds. The van der Waals surface area contributed by atoms with Crippen molar-refractivity contribution < 1.29 is 14.3 Å². The largest absolute Gasteiger partial charge is 0.480 e. The van der Waals surface area contributed by atoms with E-state index in [0.29, 0.717) is 0 Å². The van der Waals surface area contributed by atoms with E-state index in [-0.39, 0.29) is 11.9 Å². The molecule has 0 saturated heterocycles. The number of nitrogens with one attached hydrogen (secondary N) is 1. The minimum absolute atomic E-state index is 0.117. The maximum absolute atomic E-state index is 12.7. The van der Waals surface area contributed by atoms with Crippen LogP contribution in [0.5, 0.6) is 0 Å². The minimum Gasteiger partial charge on any atom is -0.480 e. The summed E-state index contributed by atoms with van der Waals surface area (Å²) in [5.41, 5.74) is 1.06. The van der Waals surface area contributed by atoms with Crippen LogP contribution in [0.1, 0.15) is 25.8 Å². The van der Waals surface area contributed by atoms with Crippen molar-refractivity contribution >= 4 is 5.97 Å². The van der Waals surface area contributed by atoms with Crippen molar-refractivity contribution in [3.8, 4) is 0 Å². The van der Waals surface area contributed by atoms with Crippen LogP contribution in [-0.4, -0.2) is 23.2 Å². The molecule has 0 radical (unpaired) electrons. The van der Waals surface area contributed by atoms with Crippen LogP contribution in [0.15, 0.2) is 24.3 Å². The number of halogens is 1. The molecule has 1 aromatic carbocycles. The standard InChI is InChI=1S/C13H18FNO2/c1-9(15-10(2)13(16)17)3-4-11-5-7-12(14)8-6-11/h5-10,15H,3-4H2,1-2H3,(H,16,17)/t9?,10-/m1/s1. The normalized spacial score (nSPS) is 14.3. The van der Waals surface area contributed by atoms with E-state index in [0.717, 1.165) is 18.4 Å². The van der Waals surface area contributed by atoms with Gasteiger partial charge in [0.2, 0.25) is 0 Å². The molecule has 0 aliphatic heterocycles. The molecule has 2 N–H and O–H groups in total.